The molecule has 2 rings (SSSR count). The van der Waals surface area contributed by atoms with Crippen LogP contribution >= 0.6 is 12.2 Å². The van der Waals surface area contributed by atoms with Crippen LogP contribution in [0.15, 0.2) is 24.3 Å². The minimum atomic E-state index is -0.0512. The molecule has 0 saturated carbocycles. The van der Waals surface area contributed by atoms with Crippen LogP contribution in [0, 0.1) is 0 Å². The molecular formula is C15H22N2O2S. The Morgan fingerprint density at radius 2 is 1.85 bits per heavy atom. The van der Waals surface area contributed by atoms with Gasteiger partial charge >= 0.3 is 0 Å². The number of hydrogen-bond acceptors (Lipinski definition) is 4. The zero-order valence-electron chi connectivity index (χ0n) is 12.2. The fourth-order valence-electron chi connectivity index (χ4n) is 2.77. The third kappa shape index (κ3) is 3.48. The van der Waals surface area contributed by atoms with Crippen molar-refractivity contribution in [3.63, 3.8) is 0 Å². The smallest absolute Gasteiger partial charge is 0.118 e. The third-order valence-corrected chi connectivity index (χ3v) is 3.74. The Labute approximate surface area is 125 Å². The Hall–Kier alpha value is -1.17. The van der Waals surface area contributed by atoms with Gasteiger partial charge in [0.25, 0.3) is 0 Å². The van der Waals surface area contributed by atoms with Crippen molar-refractivity contribution in [1.82, 2.24) is 4.90 Å². The maximum Gasteiger partial charge on any atom is 0.118 e. The van der Waals surface area contributed by atoms with E-state index in [1.54, 1.807) is 7.11 Å². The van der Waals surface area contributed by atoms with E-state index in [1.165, 1.54) is 0 Å². The molecule has 0 radical (unpaired) electrons. The molecule has 1 fully saturated rings. The van der Waals surface area contributed by atoms with Crippen LogP contribution in [-0.2, 0) is 4.74 Å². The molecule has 5 heteroatoms. The number of benzene rings is 1. The van der Waals surface area contributed by atoms with E-state index in [1.807, 2.05) is 24.3 Å². The van der Waals surface area contributed by atoms with Gasteiger partial charge in [-0.1, -0.05) is 24.4 Å². The fourth-order valence-corrected chi connectivity index (χ4v) is 3.05. The summed E-state index contributed by atoms with van der Waals surface area (Å²) >= 11 is 5.28. The number of thiocarbonyl (C=S) groups is 1. The van der Waals surface area contributed by atoms with Crippen molar-refractivity contribution in [3.8, 4) is 5.75 Å². The number of nitrogens with two attached hydrogens (primary N) is 1. The van der Waals surface area contributed by atoms with Crippen molar-refractivity contribution in [2.24, 2.45) is 5.73 Å². The number of ether oxygens (including phenoxy) is 2. The van der Waals surface area contributed by atoms with E-state index in [9.17, 15) is 0 Å². The summed E-state index contributed by atoms with van der Waals surface area (Å²) in [5, 5.41) is 0. The molecule has 0 bridgehead atoms. The molecule has 1 saturated heterocycles. The minimum Gasteiger partial charge on any atom is -0.497 e. The molecule has 3 atom stereocenters. The van der Waals surface area contributed by atoms with E-state index in [0.29, 0.717) is 4.99 Å². The SMILES string of the molecule is COc1ccc(C(C(N)=S)N2CC(C)OC(C)C2)cc1. The van der Waals surface area contributed by atoms with Crippen molar-refractivity contribution in [3.05, 3.63) is 29.8 Å². The zero-order valence-corrected chi connectivity index (χ0v) is 13.0. The summed E-state index contributed by atoms with van der Waals surface area (Å²) < 4.78 is 11.0. The third-order valence-electron chi connectivity index (χ3n) is 3.51. The van der Waals surface area contributed by atoms with Crippen LogP contribution < -0.4 is 10.5 Å². The summed E-state index contributed by atoms with van der Waals surface area (Å²) in [6, 6.07) is 7.87. The van der Waals surface area contributed by atoms with Crippen LogP contribution in [0.2, 0.25) is 0 Å². The number of hydrogen-bond donors (Lipinski definition) is 1. The quantitative estimate of drug-likeness (QED) is 0.862. The average molecular weight is 294 g/mol. The molecule has 4 nitrogen and oxygen atoms in total. The Kier molecular flexibility index (Phi) is 4.96. The summed E-state index contributed by atoms with van der Waals surface area (Å²) in [5.41, 5.74) is 7.08. The predicted molar refractivity (Wildman–Crippen MR) is 84.1 cm³/mol. The Balaban J connectivity index is 2.23. The lowest BCUT2D eigenvalue weighted by molar-refractivity contribution is -0.0736. The lowest BCUT2D eigenvalue weighted by atomic mass is 10.0. The summed E-state index contributed by atoms with van der Waals surface area (Å²) in [7, 11) is 1.66. The molecule has 1 aromatic carbocycles. The maximum atomic E-state index is 5.98. The van der Waals surface area contributed by atoms with Gasteiger partial charge in [-0.2, -0.15) is 0 Å². The Morgan fingerprint density at radius 1 is 1.30 bits per heavy atom. The van der Waals surface area contributed by atoms with Crippen LogP contribution in [0.3, 0.4) is 0 Å². The minimum absolute atomic E-state index is 0.0512. The molecule has 1 aliphatic rings. The van der Waals surface area contributed by atoms with Gasteiger partial charge in [-0.25, -0.2) is 0 Å². The van der Waals surface area contributed by atoms with Crippen LogP contribution in [-0.4, -0.2) is 42.3 Å². The van der Waals surface area contributed by atoms with Crippen molar-refractivity contribution < 1.29 is 9.47 Å². The highest BCUT2D eigenvalue weighted by atomic mass is 32.1. The van der Waals surface area contributed by atoms with Gasteiger partial charge in [0.05, 0.1) is 30.3 Å². The van der Waals surface area contributed by atoms with Gasteiger partial charge in [0.15, 0.2) is 0 Å². The van der Waals surface area contributed by atoms with Crippen molar-refractivity contribution in [1.29, 1.82) is 0 Å². The van der Waals surface area contributed by atoms with Gasteiger partial charge in [0.1, 0.15) is 5.75 Å². The first-order chi connectivity index (χ1) is 9.51. The first-order valence-electron chi connectivity index (χ1n) is 6.84. The summed E-state index contributed by atoms with van der Waals surface area (Å²) in [5.74, 6) is 0.833. The molecule has 0 amide bonds. The second-order valence-electron chi connectivity index (χ2n) is 5.29. The standard InChI is InChI=1S/C15H22N2O2S/c1-10-8-17(9-11(2)19-10)14(15(16)20)12-4-6-13(18-3)7-5-12/h4-7,10-11,14H,8-9H2,1-3H3,(H2,16,20). The van der Waals surface area contributed by atoms with E-state index in [-0.39, 0.29) is 18.2 Å². The van der Waals surface area contributed by atoms with E-state index in [0.717, 1.165) is 24.4 Å². The highest BCUT2D eigenvalue weighted by molar-refractivity contribution is 7.80. The zero-order chi connectivity index (χ0) is 14.7. The predicted octanol–water partition coefficient (Wildman–Crippen LogP) is 2.13. The second kappa shape index (κ2) is 6.52. The molecule has 0 spiro atoms. The maximum absolute atomic E-state index is 5.98. The summed E-state index contributed by atoms with van der Waals surface area (Å²) in [6.45, 7) is 5.82. The van der Waals surface area contributed by atoms with Gasteiger partial charge in [-0.15, -0.1) is 0 Å². The molecule has 0 aromatic heterocycles. The molecule has 3 unspecified atom stereocenters. The van der Waals surface area contributed by atoms with E-state index in [4.69, 9.17) is 27.4 Å². The van der Waals surface area contributed by atoms with Crippen molar-refractivity contribution in [2.45, 2.75) is 32.1 Å². The monoisotopic (exact) mass is 294 g/mol. The van der Waals surface area contributed by atoms with E-state index < -0.39 is 0 Å². The summed E-state index contributed by atoms with van der Waals surface area (Å²) in [4.78, 5) is 2.79. The van der Waals surface area contributed by atoms with Gasteiger partial charge in [0, 0.05) is 13.1 Å². The van der Waals surface area contributed by atoms with Crippen molar-refractivity contribution in [2.75, 3.05) is 20.2 Å². The largest absolute Gasteiger partial charge is 0.497 e. The van der Waals surface area contributed by atoms with Crippen LogP contribution in [0.4, 0.5) is 0 Å². The van der Waals surface area contributed by atoms with Crippen LogP contribution in [0.25, 0.3) is 0 Å². The average Bonchev–Trinajstić information content (AvgIpc) is 2.38. The van der Waals surface area contributed by atoms with E-state index in [2.05, 4.69) is 18.7 Å². The first kappa shape index (κ1) is 15.2. The van der Waals surface area contributed by atoms with E-state index >= 15 is 0 Å². The van der Waals surface area contributed by atoms with Gasteiger partial charge in [0.2, 0.25) is 0 Å². The highest BCUT2D eigenvalue weighted by Gasteiger charge is 2.30. The first-order valence-corrected chi connectivity index (χ1v) is 7.25. The fraction of sp³-hybridized carbons (Fsp3) is 0.533. The van der Waals surface area contributed by atoms with Crippen LogP contribution in [0.5, 0.6) is 5.75 Å². The topological polar surface area (TPSA) is 47.7 Å². The van der Waals surface area contributed by atoms with Crippen molar-refractivity contribution >= 4 is 17.2 Å². The van der Waals surface area contributed by atoms with Gasteiger partial charge in [-0.05, 0) is 31.5 Å². The number of rotatable bonds is 4. The lowest BCUT2D eigenvalue weighted by Crippen LogP contribution is -2.49. The second-order valence-corrected chi connectivity index (χ2v) is 5.76. The normalized spacial score (nSPS) is 25.1. The van der Waals surface area contributed by atoms with Crippen LogP contribution in [0.1, 0.15) is 25.5 Å². The Morgan fingerprint density at radius 3 is 2.30 bits per heavy atom. The molecule has 110 valence electrons. The molecule has 1 aliphatic heterocycles. The molecule has 20 heavy (non-hydrogen) atoms. The van der Waals surface area contributed by atoms with Gasteiger partial charge in [-0.3, -0.25) is 4.90 Å². The molecule has 1 heterocycles. The van der Waals surface area contributed by atoms with Gasteiger partial charge < -0.3 is 15.2 Å². The lowest BCUT2D eigenvalue weighted by Gasteiger charge is -2.40. The molecular weight excluding hydrogens is 272 g/mol. The molecule has 1 aromatic rings. The number of morpholine rings is 1. The summed E-state index contributed by atoms with van der Waals surface area (Å²) in [6.07, 6.45) is 0.377. The highest BCUT2D eigenvalue weighted by Crippen LogP contribution is 2.26. The number of methoxy groups -OCH3 is 1. The Bertz CT molecular complexity index is 453. The molecule has 0 aliphatic carbocycles. The molecule has 2 N–H and O–H groups in total. The number of nitrogens with zero attached hydrogens (tertiary/aromatic N) is 1.